The van der Waals surface area contributed by atoms with E-state index in [0.29, 0.717) is 5.56 Å². The third-order valence-corrected chi connectivity index (χ3v) is 2.50. The molecule has 0 amide bonds. The quantitative estimate of drug-likeness (QED) is 0.799. The van der Waals surface area contributed by atoms with Crippen molar-refractivity contribution in [2.75, 3.05) is 0 Å². The zero-order valence-corrected chi connectivity index (χ0v) is 10.2. The standard InChI is InChI=1S/C14H8N4O2/c15-7-11-12(8-16)18-14(20)10(17-11)6-13(19)9-4-2-1-3-5-9/h1-6,19H,(H,18,20)/b13-6+. The monoisotopic (exact) mass is 264 g/mol. The van der Waals surface area contributed by atoms with Crippen molar-refractivity contribution in [3.8, 4) is 12.1 Å². The average Bonchev–Trinajstić information content (AvgIpc) is 2.49. The normalized spacial score (nSPS) is 10.6. The van der Waals surface area contributed by atoms with Crippen molar-refractivity contribution in [2.24, 2.45) is 0 Å². The summed E-state index contributed by atoms with van der Waals surface area (Å²) in [4.78, 5) is 17.7. The second-order valence-electron chi connectivity index (χ2n) is 3.79. The first-order chi connectivity index (χ1) is 9.65. The maximum Gasteiger partial charge on any atom is 0.275 e. The Morgan fingerprint density at radius 1 is 1.25 bits per heavy atom. The van der Waals surface area contributed by atoms with E-state index >= 15 is 0 Å². The molecule has 0 aliphatic heterocycles. The average molecular weight is 264 g/mol. The molecule has 0 fully saturated rings. The van der Waals surface area contributed by atoms with Gasteiger partial charge in [0.1, 0.15) is 23.6 Å². The number of hydrogen-bond donors (Lipinski definition) is 2. The van der Waals surface area contributed by atoms with Crippen LogP contribution in [0.25, 0.3) is 11.8 Å². The predicted octanol–water partition coefficient (Wildman–Crippen LogP) is 1.57. The highest BCUT2D eigenvalue weighted by Crippen LogP contribution is 2.12. The molecule has 0 aliphatic carbocycles. The Morgan fingerprint density at radius 3 is 2.55 bits per heavy atom. The van der Waals surface area contributed by atoms with Crippen molar-refractivity contribution < 1.29 is 5.11 Å². The van der Waals surface area contributed by atoms with Gasteiger partial charge in [-0.25, -0.2) is 4.98 Å². The molecule has 96 valence electrons. The summed E-state index contributed by atoms with van der Waals surface area (Å²) in [6.07, 6.45) is 1.15. The van der Waals surface area contributed by atoms with Crippen molar-refractivity contribution in [1.82, 2.24) is 9.97 Å². The molecule has 1 aromatic heterocycles. The molecule has 2 N–H and O–H groups in total. The number of nitrogens with zero attached hydrogens (tertiary/aromatic N) is 3. The number of hydrogen-bond acceptors (Lipinski definition) is 5. The molecule has 0 atom stereocenters. The molecule has 6 nitrogen and oxygen atoms in total. The van der Waals surface area contributed by atoms with Gasteiger partial charge in [0.25, 0.3) is 5.56 Å². The second kappa shape index (κ2) is 5.51. The Morgan fingerprint density at radius 2 is 1.95 bits per heavy atom. The van der Waals surface area contributed by atoms with Crippen LogP contribution < -0.4 is 5.56 Å². The molecule has 0 bridgehead atoms. The van der Waals surface area contributed by atoms with Crippen molar-refractivity contribution in [3.63, 3.8) is 0 Å². The Kier molecular flexibility index (Phi) is 3.60. The summed E-state index contributed by atoms with van der Waals surface area (Å²) >= 11 is 0. The highest BCUT2D eigenvalue weighted by Gasteiger charge is 2.09. The first-order valence-electron chi connectivity index (χ1n) is 5.56. The van der Waals surface area contributed by atoms with E-state index in [1.165, 1.54) is 0 Å². The summed E-state index contributed by atoms with van der Waals surface area (Å²) in [5.41, 5.74) is -0.672. The third kappa shape index (κ3) is 2.55. The maximum atomic E-state index is 11.7. The minimum atomic E-state index is -0.650. The highest BCUT2D eigenvalue weighted by molar-refractivity contribution is 5.74. The summed E-state index contributed by atoms with van der Waals surface area (Å²) < 4.78 is 0. The zero-order chi connectivity index (χ0) is 14.5. The van der Waals surface area contributed by atoms with Gasteiger partial charge in [0.2, 0.25) is 0 Å². The van der Waals surface area contributed by atoms with E-state index in [9.17, 15) is 9.90 Å². The van der Waals surface area contributed by atoms with Gasteiger partial charge < -0.3 is 10.1 Å². The van der Waals surface area contributed by atoms with Gasteiger partial charge in [-0.2, -0.15) is 10.5 Å². The SMILES string of the molecule is N#Cc1nc(/C=C(/O)c2ccccc2)c(=O)[nH]c1C#N. The first kappa shape index (κ1) is 13.1. The minimum Gasteiger partial charge on any atom is -0.507 e. The fourth-order valence-electron chi connectivity index (χ4n) is 1.55. The molecule has 0 aliphatic rings. The number of rotatable bonds is 2. The summed E-state index contributed by atoms with van der Waals surface area (Å²) in [6, 6.07) is 12.0. The lowest BCUT2D eigenvalue weighted by atomic mass is 10.1. The predicted molar refractivity (Wildman–Crippen MR) is 71.2 cm³/mol. The number of benzene rings is 1. The fourth-order valence-corrected chi connectivity index (χ4v) is 1.55. The van der Waals surface area contributed by atoms with Crippen LogP contribution >= 0.6 is 0 Å². The van der Waals surface area contributed by atoms with Crippen LogP contribution in [0.5, 0.6) is 0 Å². The van der Waals surface area contributed by atoms with Crippen LogP contribution in [0.1, 0.15) is 22.6 Å². The summed E-state index contributed by atoms with van der Waals surface area (Å²) in [7, 11) is 0. The van der Waals surface area contributed by atoms with E-state index in [4.69, 9.17) is 10.5 Å². The smallest absolute Gasteiger partial charge is 0.275 e. The van der Waals surface area contributed by atoms with Crippen LogP contribution in [-0.4, -0.2) is 15.1 Å². The molecule has 1 heterocycles. The number of H-pyrrole nitrogens is 1. The molecule has 20 heavy (non-hydrogen) atoms. The summed E-state index contributed by atoms with van der Waals surface area (Å²) in [5.74, 6) is -0.155. The number of aromatic nitrogens is 2. The fraction of sp³-hybridized carbons (Fsp3) is 0. The second-order valence-corrected chi connectivity index (χ2v) is 3.79. The number of nitrogens with one attached hydrogen (secondary N) is 1. The van der Waals surface area contributed by atoms with Crippen LogP contribution in [0, 0.1) is 22.7 Å². The largest absolute Gasteiger partial charge is 0.507 e. The van der Waals surface area contributed by atoms with Gasteiger partial charge in [-0.3, -0.25) is 4.79 Å². The Bertz CT molecular complexity index is 808. The lowest BCUT2D eigenvalue weighted by Gasteiger charge is -2.00. The van der Waals surface area contributed by atoms with E-state index in [-0.39, 0.29) is 22.8 Å². The van der Waals surface area contributed by atoms with E-state index in [0.717, 1.165) is 6.08 Å². The van der Waals surface area contributed by atoms with Gasteiger partial charge >= 0.3 is 0 Å². The molecule has 0 saturated carbocycles. The molecule has 1 aromatic carbocycles. The van der Waals surface area contributed by atoms with Crippen molar-refractivity contribution in [3.05, 3.63) is 63.3 Å². The first-order valence-corrected chi connectivity index (χ1v) is 5.56. The molecule has 0 radical (unpaired) electrons. The van der Waals surface area contributed by atoms with Gasteiger partial charge in [-0.05, 0) is 0 Å². The van der Waals surface area contributed by atoms with Crippen LogP contribution in [-0.2, 0) is 0 Å². The van der Waals surface area contributed by atoms with Crippen LogP contribution in [0.4, 0.5) is 0 Å². The van der Waals surface area contributed by atoms with Gasteiger partial charge in [-0.1, -0.05) is 30.3 Å². The van der Waals surface area contributed by atoms with Gasteiger partial charge in [0.15, 0.2) is 11.4 Å². The molecule has 6 heteroatoms. The Hall–Kier alpha value is -3.38. The summed E-state index contributed by atoms with van der Waals surface area (Å²) in [6.45, 7) is 0. The maximum absolute atomic E-state index is 11.7. The number of nitriles is 2. The Balaban J connectivity index is 2.53. The topological polar surface area (TPSA) is 114 Å². The van der Waals surface area contributed by atoms with Crippen molar-refractivity contribution >= 4 is 11.8 Å². The van der Waals surface area contributed by atoms with Gasteiger partial charge in [0.05, 0.1) is 0 Å². The van der Waals surface area contributed by atoms with Gasteiger partial charge in [0, 0.05) is 11.6 Å². The lowest BCUT2D eigenvalue weighted by molar-refractivity contribution is 0.515. The molecular formula is C14H8N4O2. The molecule has 0 saturated heterocycles. The molecule has 2 rings (SSSR count). The molecule has 2 aromatic rings. The molecular weight excluding hydrogens is 256 g/mol. The lowest BCUT2D eigenvalue weighted by Crippen LogP contribution is -2.15. The van der Waals surface area contributed by atoms with Crippen LogP contribution in [0.2, 0.25) is 0 Å². The number of aliphatic hydroxyl groups excluding tert-OH is 1. The van der Waals surface area contributed by atoms with Crippen molar-refractivity contribution in [1.29, 1.82) is 10.5 Å². The summed E-state index contributed by atoms with van der Waals surface area (Å²) in [5, 5.41) is 27.5. The zero-order valence-electron chi connectivity index (χ0n) is 10.2. The van der Waals surface area contributed by atoms with Crippen LogP contribution in [0.3, 0.4) is 0 Å². The van der Waals surface area contributed by atoms with E-state index in [1.807, 2.05) is 0 Å². The Labute approximate surface area is 113 Å². The van der Waals surface area contributed by atoms with Crippen LogP contribution in [0.15, 0.2) is 35.1 Å². The number of aromatic amines is 1. The van der Waals surface area contributed by atoms with Crippen molar-refractivity contribution in [2.45, 2.75) is 0 Å². The van der Waals surface area contributed by atoms with E-state index in [2.05, 4.69) is 9.97 Å². The van der Waals surface area contributed by atoms with E-state index in [1.54, 1.807) is 42.5 Å². The van der Waals surface area contributed by atoms with E-state index < -0.39 is 5.56 Å². The third-order valence-electron chi connectivity index (χ3n) is 2.50. The minimum absolute atomic E-state index is 0.137. The molecule has 0 spiro atoms. The number of aliphatic hydroxyl groups is 1. The highest BCUT2D eigenvalue weighted by atomic mass is 16.3. The molecule has 0 unspecified atom stereocenters. The van der Waals surface area contributed by atoms with Gasteiger partial charge in [-0.15, -0.1) is 0 Å².